The normalized spacial score (nSPS) is 10.2. The van der Waals surface area contributed by atoms with Gasteiger partial charge in [0.1, 0.15) is 17.2 Å². The molecule has 0 radical (unpaired) electrons. The van der Waals surface area contributed by atoms with Crippen molar-refractivity contribution in [2.75, 3.05) is 5.32 Å². The number of amides is 2. The summed E-state index contributed by atoms with van der Waals surface area (Å²) >= 11 is 0. The molecule has 2 aromatic rings. The fourth-order valence-electron chi connectivity index (χ4n) is 1.59. The minimum atomic E-state index is -0.623. The summed E-state index contributed by atoms with van der Waals surface area (Å²) in [6.07, 6.45) is 4.79. The van der Waals surface area contributed by atoms with Gasteiger partial charge < -0.3 is 5.73 Å². The number of carbonyl (C=O) groups excluding carboxylic acids is 1. The van der Waals surface area contributed by atoms with Gasteiger partial charge in [-0.3, -0.25) is 20.0 Å². The van der Waals surface area contributed by atoms with Crippen LogP contribution in [0, 0.1) is 6.92 Å². The van der Waals surface area contributed by atoms with Crippen LogP contribution in [0.2, 0.25) is 0 Å². The molecule has 0 aliphatic rings. The molecule has 0 aliphatic heterocycles. The molecule has 0 aliphatic carbocycles. The molecule has 2 aromatic heterocycles. The molecule has 0 bridgehead atoms. The molecule has 0 fully saturated rings. The van der Waals surface area contributed by atoms with E-state index in [4.69, 9.17) is 5.73 Å². The second-order valence-corrected chi connectivity index (χ2v) is 3.53. The SMILES string of the molecule is Cc1c(-c2cnccn2)nn(C)c1NC(N)=O. The van der Waals surface area contributed by atoms with Crippen LogP contribution in [0.4, 0.5) is 10.6 Å². The highest BCUT2D eigenvalue weighted by Crippen LogP contribution is 2.25. The molecule has 88 valence electrons. The van der Waals surface area contributed by atoms with Gasteiger partial charge in [-0.05, 0) is 6.92 Å². The molecule has 0 atom stereocenters. The zero-order valence-corrected chi connectivity index (χ0v) is 9.51. The van der Waals surface area contributed by atoms with Gasteiger partial charge in [0, 0.05) is 25.0 Å². The first-order valence-electron chi connectivity index (χ1n) is 4.96. The maximum Gasteiger partial charge on any atom is 0.317 e. The number of aryl methyl sites for hydroxylation is 1. The molecule has 7 nitrogen and oxygen atoms in total. The van der Waals surface area contributed by atoms with Gasteiger partial charge in [-0.2, -0.15) is 5.10 Å². The van der Waals surface area contributed by atoms with Crippen LogP contribution in [0.15, 0.2) is 18.6 Å². The molecule has 7 heteroatoms. The van der Waals surface area contributed by atoms with E-state index in [1.807, 2.05) is 6.92 Å². The number of aromatic nitrogens is 4. The number of nitrogens with one attached hydrogen (secondary N) is 1. The van der Waals surface area contributed by atoms with Crippen molar-refractivity contribution in [1.82, 2.24) is 19.7 Å². The molecule has 0 spiro atoms. The van der Waals surface area contributed by atoms with E-state index in [2.05, 4.69) is 20.4 Å². The van der Waals surface area contributed by atoms with Crippen LogP contribution < -0.4 is 11.1 Å². The van der Waals surface area contributed by atoms with Crippen molar-refractivity contribution in [3.8, 4) is 11.4 Å². The molecule has 2 amide bonds. The minimum Gasteiger partial charge on any atom is -0.351 e. The van der Waals surface area contributed by atoms with Crippen LogP contribution in [0.1, 0.15) is 5.56 Å². The smallest absolute Gasteiger partial charge is 0.317 e. The Morgan fingerprint density at radius 3 is 2.82 bits per heavy atom. The Labute approximate surface area is 97.7 Å². The molecule has 0 saturated heterocycles. The van der Waals surface area contributed by atoms with Crippen LogP contribution in [0.25, 0.3) is 11.4 Å². The second-order valence-electron chi connectivity index (χ2n) is 3.53. The average molecular weight is 232 g/mol. The Hall–Kier alpha value is -2.44. The van der Waals surface area contributed by atoms with Crippen molar-refractivity contribution < 1.29 is 4.79 Å². The molecule has 0 aromatic carbocycles. The zero-order valence-electron chi connectivity index (χ0n) is 9.51. The standard InChI is InChI=1S/C10H12N6O/c1-6-8(7-5-12-3-4-13-7)15-16(2)9(6)14-10(11)17/h3-5H,1-2H3,(H3,11,14,17). The van der Waals surface area contributed by atoms with Gasteiger partial charge in [0.05, 0.1) is 6.20 Å². The van der Waals surface area contributed by atoms with Crippen LogP contribution in [0.3, 0.4) is 0 Å². The van der Waals surface area contributed by atoms with Crippen molar-refractivity contribution in [3.05, 3.63) is 24.2 Å². The first kappa shape index (κ1) is 11.1. The Balaban J connectivity index is 2.48. The Morgan fingerprint density at radius 2 is 2.24 bits per heavy atom. The predicted octanol–water partition coefficient (Wildman–Crippen LogP) is 0.676. The van der Waals surface area contributed by atoms with E-state index in [1.54, 1.807) is 30.3 Å². The van der Waals surface area contributed by atoms with Crippen molar-refractivity contribution in [3.63, 3.8) is 0 Å². The fourth-order valence-corrected chi connectivity index (χ4v) is 1.59. The highest BCUT2D eigenvalue weighted by atomic mass is 16.2. The second kappa shape index (κ2) is 4.20. The van der Waals surface area contributed by atoms with Crippen molar-refractivity contribution >= 4 is 11.8 Å². The summed E-state index contributed by atoms with van der Waals surface area (Å²) in [5, 5.41) is 6.80. The minimum absolute atomic E-state index is 0.554. The van der Waals surface area contributed by atoms with E-state index in [-0.39, 0.29) is 0 Å². The molecule has 0 saturated carbocycles. The molecule has 2 rings (SSSR count). The number of urea groups is 1. The molecule has 0 unspecified atom stereocenters. The Bertz CT molecular complexity index is 547. The quantitative estimate of drug-likeness (QED) is 0.795. The third-order valence-electron chi connectivity index (χ3n) is 2.33. The van der Waals surface area contributed by atoms with Gasteiger partial charge >= 0.3 is 6.03 Å². The van der Waals surface area contributed by atoms with Crippen LogP contribution in [-0.2, 0) is 7.05 Å². The van der Waals surface area contributed by atoms with Gasteiger partial charge in [-0.15, -0.1) is 0 Å². The number of anilines is 1. The summed E-state index contributed by atoms with van der Waals surface area (Å²) in [7, 11) is 1.72. The van der Waals surface area contributed by atoms with E-state index in [0.717, 1.165) is 5.56 Å². The number of nitrogens with two attached hydrogens (primary N) is 1. The number of hydrogen-bond donors (Lipinski definition) is 2. The monoisotopic (exact) mass is 232 g/mol. The lowest BCUT2D eigenvalue weighted by molar-refractivity contribution is 0.259. The molecule has 2 heterocycles. The van der Waals surface area contributed by atoms with E-state index < -0.39 is 6.03 Å². The summed E-state index contributed by atoms with van der Waals surface area (Å²) in [6.45, 7) is 1.84. The van der Waals surface area contributed by atoms with E-state index in [1.165, 1.54) is 0 Å². The van der Waals surface area contributed by atoms with Crippen molar-refractivity contribution in [1.29, 1.82) is 0 Å². The lowest BCUT2D eigenvalue weighted by Crippen LogP contribution is -2.21. The molecule has 17 heavy (non-hydrogen) atoms. The van der Waals surface area contributed by atoms with Gasteiger partial charge in [-0.25, -0.2) is 4.79 Å². The third kappa shape index (κ3) is 2.07. The van der Waals surface area contributed by atoms with Crippen LogP contribution in [0.5, 0.6) is 0 Å². The first-order valence-corrected chi connectivity index (χ1v) is 4.96. The summed E-state index contributed by atoms with van der Waals surface area (Å²) in [6, 6.07) is -0.623. The number of carbonyl (C=O) groups is 1. The van der Waals surface area contributed by atoms with Gasteiger partial charge in [0.2, 0.25) is 0 Å². The van der Waals surface area contributed by atoms with Gasteiger partial charge in [0.15, 0.2) is 0 Å². The van der Waals surface area contributed by atoms with E-state index in [0.29, 0.717) is 17.2 Å². The summed E-state index contributed by atoms with van der Waals surface area (Å²) in [4.78, 5) is 19.0. The van der Waals surface area contributed by atoms with E-state index in [9.17, 15) is 4.79 Å². The Morgan fingerprint density at radius 1 is 1.47 bits per heavy atom. The lowest BCUT2D eigenvalue weighted by atomic mass is 10.2. The number of primary amides is 1. The highest BCUT2D eigenvalue weighted by molar-refractivity contribution is 5.88. The summed E-state index contributed by atoms with van der Waals surface area (Å²) in [5.41, 5.74) is 7.21. The summed E-state index contributed by atoms with van der Waals surface area (Å²) in [5.74, 6) is 0.554. The number of nitrogens with zero attached hydrogens (tertiary/aromatic N) is 4. The van der Waals surface area contributed by atoms with E-state index >= 15 is 0 Å². The fraction of sp³-hybridized carbons (Fsp3) is 0.200. The maximum absolute atomic E-state index is 10.9. The van der Waals surface area contributed by atoms with Gasteiger partial charge in [0.25, 0.3) is 0 Å². The third-order valence-corrected chi connectivity index (χ3v) is 2.33. The topological polar surface area (TPSA) is 98.7 Å². The molecule has 3 N–H and O–H groups in total. The molecular weight excluding hydrogens is 220 g/mol. The summed E-state index contributed by atoms with van der Waals surface area (Å²) < 4.78 is 1.55. The maximum atomic E-state index is 10.9. The average Bonchev–Trinajstić information content (AvgIpc) is 2.58. The first-order chi connectivity index (χ1) is 8.09. The van der Waals surface area contributed by atoms with Crippen LogP contribution in [-0.4, -0.2) is 25.8 Å². The highest BCUT2D eigenvalue weighted by Gasteiger charge is 2.15. The lowest BCUT2D eigenvalue weighted by Gasteiger charge is -2.02. The number of rotatable bonds is 2. The van der Waals surface area contributed by atoms with Crippen molar-refractivity contribution in [2.24, 2.45) is 12.8 Å². The van der Waals surface area contributed by atoms with Crippen LogP contribution >= 0.6 is 0 Å². The molecular formula is C10H12N6O. The predicted molar refractivity (Wildman–Crippen MR) is 62.2 cm³/mol. The zero-order chi connectivity index (χ0) is 12.4. The van der Waals surface area contributed by atoms with Crippen molar-refractivity contribution in [2.45, 2.75) is 6.92 Å². The number of hydrogen-bond acceptors (Lipinski definition) is 4. The Kier molecular flexibility index (Phi) is 2.73. The van der Waals surface area contributed by atoms with Gasteiger partial charge in [-0.1, -0.05) is 0 Å². The largest absolute Gasteiger partial charge is 0.351 e.